The molecule has 216 valence electrons. The SMILES string of the molecule is COc1cc(C(=O)Oc2ccc(C=NNC(=O)c3cc(-c4ccc(Br)cc4)nc4ccccc34)cc2)cc(OC)c1OC. The Balaban J connectivity index is 1.28. The third-order valence-corrected chi connectivity index (χ3v) is 7.00. The average Bonchev–Trinajstić information content (AvgIpc) is 3.04. The smallest absolute Gasteiger partial charge is 0.343 e. The van der Waals surface area contributed by atoms with Gasteiger partial charge in [0, 0.05) is 15.4 Å². The number of pyridine rings is 1. The normalized spacial score (nSPS) is 10.9. The van der Waals surface area contributed by atoms with Gasteiger partial charge in [0.25, 0.3) is 5.91 Å². The first kappa shape index (κ1) is 29.3. The largest absolute Gasteiger partial charge is 0.493 e. The first-order valence-corrected chi connectivity index (χ1v) is 13.8. The number of fused-ring (bicyclic) bond motifs is 1. The van der Waals surface area contributed by atoms with Crippen molar-refractivity contribution in [1.29, 1.82) is 0 Å². The first-order chi connectivity index (χ1) is 20.9. The van der Waals surface area contributed by atoms with E-state index in [2.05, 4.69) is 26.5 Å². The molecule has 5 aromatic rings. The van der Waals surface area contributed by atoms with Gasteiger partial charge in [0.05, 0.1) is 49.9 Å². The maximum atomic E-state index is 13.2. The summed E-state index contributed by atoms with van der Waals surface area (Å²) in [6, 6.07) is 26.6. The van der Waals surface area contributed by atoms with Crippen LogP contribution in [0.2, 0.25) is 0 Å². The topological polar surface area (TPSA) is 108 Å². The molecule has 0 saturated carbocycles. The van der Waals surface area contributed by atoms with Crippen LogP contribution in [0.25, 0.3) is 22.2 Å². The lowest BCUT2D eigenvalue weighted by Crippen LogP contribution is -2.18. The average molecular weight is 640 g/mol. The lowest BCUT2D eigenvalue weighted by Gasteiger charge is -2.13. The molecule has 10 heteroatoms. The Bertz CT molecular complexity index is 1800. The number of carbonyl (C=O) groups excluding carboxylic acids is 2. The number of carbonyl (C=O) groups is 2. The molecule has 0 atom stereocenters. The van der Waals surface area contributed by atoms with Gasteiger partial charge < -0.3 is 18.9 Å². The number of hydrazone groups is 1. The van der Waals surface area contributed by atoms with Crippen LogP contribution in [0, 0.1) is 0 Å². The number of amides is 1. The highest BCUT2D eigenvalue weighted by Crippen LogP contribution is 2.38. The molecule has 1 aromatic heterocycles. The van der Waals surface area contributed by atoms with Gasteiger partial charge in [-0.2, -0.15) is 5.10 Å². The van der Waals surface area contributed by atoms with Crippen molar-refractivity contribution in [2.45, 2.75) is 0 Å². The van der Waals surface area contributed by atoms with Crippen molar-refractivity contribution in [2.75, 3.05) is 21.3 Å². The van der Waals surface area contributed by atoms with Crippen LogP contribution in [0.1, 0.15) is 26.3 Å². The zero-order valence-electron chi connectivity index (χ0n) is 23.5. The number of methoxy groups -OCH3 is 3. The van der Waals surface area contributed by atoms with Crippen LogP contribution in [-0.2, 0) is 0 Å². The molecule has 9 nitrogen and oxygen atoms in total. The summed E-state index contributed by atoms with van der Waals surface area (Å²) in [5.41, 5.74) is 6.24. The number of nitrogens with zero attached hydrogens (tertiary/aromatic N) is 2. The van der Waals surface area contributed by atoms with Crippen LogP contribution in [-0.4, -0.2) is 44.4 Å². The fourth-order valence-electron chi connectivity index (χ4n) is 4.34. The van der Waals surface area contributed by atoms with Crippen molar-refractivity contribution in [3.05, 3.63) is 112 Å². The Hall–Kier alpha value is -5.22. The van der Waals surface area contributed by atoms with Crippen LogP contribution in [0.5, 0.6) is 23.0 Å². The zero-order chi connectivity index (χ0) is 30.3. The summed E-state index contributed by atoms with van der Waals surface area (Å²) < 4.78 is 22.4. The van der Waals surface area contributed by atoms with Crippen LogP contribution < -0.4 is 24.4 Å². The van der Waals surface area contributed by atoms with Gasteiger partial charge in [-0.1, -0.05) is 46.3 Å². The summed E-state index contributed by atoms with van der Waals surface area (Å²) in [6.45, 7) is 0. The van der Waals surface area contributed by atoms with Crippen molar-refractivity contribution in [3.63, 3.8) is 0 Å². The second-order valence-electron chi connectivity index (χ2n) is 9.15. The predicted molar refractivity (Wildman–Crippen MR) is 167 cm³/mol. The van der Waals surface area contributed by atoms with Crippen LogP contribution >= 0.6 is 15.9 Å². The van der Waals surface area contributed by atoms with Gasteiger partial charge in [-0.05, 0) is 66.2 Å². The number of halogens is 1. The van der Waals surface area contributed by atoms with Gasteiger partial charge in [0.1, 0.15) is 5.75 Å². The van der Waals surface area contributed by atoms with E-state index in [1.54, 1.807) is 30.3 Å². The molecule has 1 amide bonds. The second kappa shape index (κ2) is 13.2. The molecule has 1 heterocycles. The molecule has 0 aliphatic rings. The molecule has 1 N–H and O–H groups in total. The lowest BCUT2D eigenvalue weighted by atomic mass is 10.0. The molecule has 0 spiro atoms. The molecule has 0 unspecified atom stereocenters. The van der Waals surface area contributed by atoms with E-state index in [-0.39, 0.29) is 11.5 Å². The maximum Gasteiger partial charge on any atom is 0.343 e. The fraction of sp³-hybridized carbons (Fsp3) is 0.0909. The van der Waals surface area contributed by atoms with Gasteiger partial charge in [-0.15, -0.1) is 0 Å². The number of hydrogen-bond donors (Lipinski definition) is 1. The third-order valence-electron chi connectivity index (χ3n) is 6.47. The highest BCUT2D eigenvalue weighted by atomic mass is 79.9. The van der Waals surface area contributed by atoms with E-state index >= 15 is 0 Å². The van der Waals surface area contributed by atoms with Crippen molar-refractivity contribution in [1.82, 2.24) is 10.4 Å². The van der Waals surface area contributed by atoms with Crippen molar-refractivity contribution in [2.24, 2.45) is 5.10 Å². The Morgan fingerprint density at radius 1 is 0.837 bits per heavy atom. The maximum absolute atomic E-state index is 13.2. The number of para-hydroxylation sites is 1. The highest BCUT2D eigenvalue weighted by molar-refractivity contribution is 9.10. The number of hydrogen-bond acceptors (Lipinski definition) is 8. The van der Waals surface area contributed by atoms with Crippen LogP contribution in [0.3, 0.4) is 0 Å². The summed E-state index contributed by atoms with van der Waals surface area (Å²) in [4.78, 5) is 30.7. The predicted octanol–water partition coefficient (Wildman–Crippen LogP) is 6.67. The molecule has 0 saturated heterocycles. The van der Waals surface area contributed by atoms with Gasteiger partial charge in [0.15, 0.2) is 11.5 Å². The van der Waals surface area contributed by atoms with E-state index < -0.39 is 5.97 Å². The molecule has 43 heavy (non-hydrogen) atoms. The fourth-order valence-corrected chi connectivity index (χ4v) is 4.61. The van der Waals surface area contributed by atoms with E-state index in [1.807, 2.05) is 48.5 Å². The molecule has 0 bridgehead atoms. The van der Waals surface area contributed by atoms with Crippen LogP contribution in [0.15, 0.2) is 101 Å². The molecule has 0 radical (unpaired) electrons. The molecule has 4 aromatic carbocycles. The lowest BCUT2D eigenvalue weighted by molar-refractivity contribution is 0.0733. The summed E-state index contributed by atoms with van der Waals surface area (Å²) in [7, 11) is 4.42. The first-order valence-electron chi connectivity index (χ1n) is 13.0. The molecular formula is C33H26BrN3O6. The Kier molecular flexibility index (Phi) is 8.97. The minimum Gasteiger partial charge on any atom is -0.493 e. The Morgan fingerprint density at radius 3 is 2.16 bits per heavy atom. The van der Waals surface area contributed by atoms with Crippen molar-refractivity contribution >= 4 is 44.9 Å². The van der Waals surface area contributed by atoms with E-state index in [4.69, 9.17) is 23.9 Å². The van der Waals surface area contributed by atoms with E-state index in [0.29, 0.717) is 50.7 Å². The summed E-state index contributed by atoms with van der Waals surface area (Å²) in [5.74, 6) is 0.408. The van der Waals surface area contributed by atoms with Gasteiger partial charge in [0.2, 0.25) is 5.75 Å². The summed E-state index contributed by atoms with van der Waals surface area (Å²) in [6.07, 6.45) is 1.50. The summed E-state index contributed by atoms with van der Waals surface area (Å²) >= 11 is 3.45. The highest BCUT2D eigenvalue weighted by Gasteiger charge is 2.18. The zero-order valence-corrected chi connectivity index (χ0v) is 25.0. The molecule has 0 aliphatic heterocycles. The number of aromatic nitrogens is 1. The van der Waals surface area contributed by atoms with E-state index in [0.717, 1.165) is 10.0 Å². The third kappa shape index (κ3) is 6.65. The summed E-state index contributed by atoms with van der Waals surface area (Å²) in [5, 5.41) is 4.85. The molecule has 0 aliphatic carbocycles. The Morgan fingerprint density at radius 2 is 1.51 bits per heavy atom. The van der Waals surface area contributed by atoms with Gasteiger partial charge in [-0.25, -0.2) is 15.2 Å². The number of nitrogens with one attached hydrogen (secondary N) is 1. The van der Waals surface area contributed by atoms with Crippen molar-refractivity contribution in [3.8, 4) is 34.3 Å². The Labute approximate surface area is 256 Å². The van der Waals surface area contributed by atoms with Crippen molar-refractivity contribution < 1.29 is 28.5 Å². The van der Waals surface area contributed by atoms with E-state index in [9.17, 15) is 9.59 Å². The minimum absolute atomic E-state index is 0.231. The quantitative estimate of drug-likeness (QED) is 0.0830. The molecule has 5 rings (SSSR count). The minimum atomic E-state index is -0.597. The number of rotatable bonds is 9. The molecular weight excluding hydrogens is 614 g/mol. The number of esters is 1. The standard InChI is InChI=1S/C33H26BrN3O6/c1-40-29-16-22(17-30(41-2)31(29)42-3)33(39)43-24-14-8-20(9-15-24)19-35-37-32(38)26-18-28(21-10-12-23(34)13-11-21)36-27-7-5-4-6-25(26)27/h4-19H,1-3H3,(H,37,38). The molecule has 0 fully saturated rings. The number of ether oxygens (including phenoxy) is 4. The number of benzene rings is 4. The monoisotopic (exact) mass is 639 g/mol. The second-order valence-corrected chi connectivity index (χ2v) is 10.1. The van der Waals surface area contributed by atoms with Gasteiger partial charge in [-0.3, -0.25) is 4.79 Å². The van der Waals surface area contributed by atoms with Crippen LogP contribution in [0.4, 0.5) is 0 Å². The van der Waals surface area contributed by atoms with E-state index in [1.165, 1.54) is 39.7 Å². The van der Waals surface area contributed by atoms with Gasteiger partial charge >= 0.3 is 5.97 Å².